The molecule has 0 fully saturated rings. The van der Waals surface area contributed by atoms with E-state index in [0.717, 1.165) is 51.4 Å². The van der Waals surface area contributed by atoms with Crippen LogP contribution >= 0.6 is 7.82 Å². The summed E-state index contributed by atoms with van der Waals surface area (Å²) in [5.41, 5.74) is 0. The van der Waals surface area contributed by atoms with E-state index in [-0.39, 0.29) is 19.1 Å². The number of carbonyl (C=O) groups is 1. The molecule has 0 aromatic rings. The molecule has 3 atom stereocenters. The SMILES string of the molecule is CCCCCCCCCCCCCCCCCCCCCCCCCCCC(O)C(COP(=O)(O)OCC[N+](C)(C)C)NC(=O)CCCCCCC. The summed E-state index contributed by atoms with van der Waals surface area (Å²) in [6.07, 6.45) is 39.0. The summed E-state index contributed by atoms with van der Waals surface area (Å²) in [4.78, 5) is 22.8. The maximum absolute atomic E-state index is 12.6. The number of hydrogen-bond acceptors (Lipinski definition) is 5. The number of hydrogen-bond donors (Lipinski definition) is 3. The van der Waals surface area contributed by atoms with Gasteiger partial charge in [-0.3, -0.25) is 13.8 Å². The first kappa shape index (κ1) is 51.5. The number of likely N-dealkylation sites (N-methyl/N-ethyl adjacent to an activating group) is 1. The van der Waals surface area contributed by atoms with Crippen molar-refractivity contribution in [3.05, 3.63) is 0 Å². The number of amides is 1. The first-order valence-electron chi connectivity index (χ1n) is 22.4. The van der Waals surface area contributed by atoms with E-state index >= 15 is 0 Å². The summed E-state index contributed by atoms with van der Waals surface area (Å²) in [7, 11) is 1.62. The van der Waals surface area contributed by atoms with Crippen LogP contribution in [0.2, 0.25) is 0 Å². The second kappa shape index (κ2) is 36.2. The second-order valence-electron chi connectivity index (χ2n) is 16.8. The molecule has 3 N–H and O–H groups in total. The fourth-order valence-electron chi connectivity index (χ4n) is 6.75. The summed E-state index contributed by atoms with van der Waals surface area (Å²) in [5.74, 6) is -0.155. The Morgan fingerprint density at radius 2 is 0.923 bits per heavy atom. The van der Waals surface area contributed by atoms with Gasteiger partial charge in [-0.25, -0.2) is 4.57 Å². The first-order valence-corrected chi connectivity index (χ1v) is 23.9. The predicted octanol–water partition coefficient (Wildman–Crippen LogP) is 12.2. The number of unbranched alkanes of at least 4 members (excludes halogenated alkanes) is 28. The van der Waals surface area contributed by atoms with Gasteiger partial charge in [0.1, 0.15) is 13.2 Å². The molecule has 0 aliphatic rings. The molecule has 0 rings (SSSR count). The van der Waals surface area contributed by atoms with E-state index in [2.05, 4.69) is 19.2 Å². The van der Waals surface area contributed by atoms with Gasteiger partial charge in [-0.2, -0.15) is 0 Å². The minimum absolute atomic E-state index is 0.0776. The molecular weight excluding hydrogens is 671 g/mol. The average molecular weight is 762 g/mol. The van der Waals surface area contributed by atoms with E-state index in [1.807, 2.05) is 21.1 Å². The van der Waals surface area contributed by atoms with Gasteiger partial charge in [-0.1, -0.05) is 200 Å². The van der Waals surface area contributed by atoms with Crippen LogP contribution in [0.4, 0.5) is 0 Å². The Bertz CT molecular complexity index is 824. The van der Waals surface area contributed by atoms with Gasteiger partial charge in [0.15, 0.2) is 0 Å². The van der Waals surface area contributed by atoms with Crippen molar-refractivity contribution < 1.29 is 32.9 Å². The lowest BCUT2D eigenvalue weighted by Gasteiger charge is -2.26. The third-order valence-corrected chi connectivity index (χ3v) is 11.3. The molecule has 52 heavy (non-hydrogen) atoms. The fraction of sp³-hybridized carbons (Fsp3) is 0.977. The largest absolute Gasteiger partial charge is 0.472 e. The highest BCUT2D eigenvalue weighted by Gasteiger charge is 2.28. The normalized spacial score (nSPS) is 14.4. The van der Waals surface area contributed by atoms with E-state index in [1.165, 1.54) is 141 Å². The van der Waals surface area contributed by atoms with Crippen LogP contribution in [0, 0.1) is 0 Å². The molecule has 0 aliphatic carbocycles. The van der Waals surface area contributed by atoms with Crippen molar-refractivity contribution >= 4 is 13.7 Å². The monoisotopic (exact) mass is 762 g/mol. The van der Waals surface area contributed by atoms with Gasteiger partial charge in [-0.05, 0) is 12.8 Å². The van der Waals surface area contributed by atoms with Crippen LogP contribution in [0.25, 0.3) is 0 Å². The quantitative estimate of drug-likeness (QED) is 0.0325. The van der Waals surface area contributed by atoms with Crippen LogP contribution < -0.4 is 5.32 Å². The highest BCUT2D eigenvalue weighted by molar-refractivity contribution is 7.47. The fourth-order valence-corrected chi connectivity index (χ4v) is 7.49. The molecular formula is C43H90N2O6P+. The number of rotatable bonds is 41. The number of nitrogens with zero attached hydrogens (tertiary/aromatic N) is 1. The van der Waals surface area contributed by atoms with Crippen molar-refractivity contribution in [3.63, 3.8) is 0 Å². The van der Waals surface area contributed by atoms with E-state index in [0.29, 0.717) is 23.9 Å². The molecule has 0 spiro atoms. The number of nitrogens with one attached hydrogen (secondary N) is 1. The highest BCUT2D eigenvalue weighted by atomic mass is 31.2. The number of phosphoric ester groups is 1. The van der Waals surface area contributed by atoms with Gasteiger partial charge >= 0.3 is 7.82 Å². The van der Waals surface area contributed by atoms with Gasteiger partial charge in [-0.15, -0.1) is 0 Å². The molecule has 8 nitrogen and oxygen atoms in total. The minimum atomic E-state index is -4.29. The average Bonchev–Trinajstić information content (AvgIpc) is 3.09. The molecule has 0 aromatic heterocycles. The molecule has 3 unspecified atom stereocenters. The van der Waals surface area contributed by atoms with Crippen LogP contribution in [-0.4, -0.2) is 73.4 Å². The Hall–Kier alpha value is -0.500. The maximum atomic E-state index is 12.6. The molecule has 312 valence electrons. The predicted molar refractivity (Wildman–Crippen MR) is 222 cm³/mol. The van der Waals surface area contributed by atoms with Gasteiger partial charge in [0, 0.05) is 6.42 Å². The maximum Gasteiger partial charge on any atom is 0.472 e. The summed E-state index contributed by atoms with van der Waals surface area (Å²) in [6.45, 7) is 4.82. The standard InChI is InChI=1S/C43H89N2O6P/c1-6-8-10-12-13-14-15-16-17-18-19-20-21-22-23-24-25-26-27-28-29-30-31-33-34-36-42(46)41(44-43(47)37-35-32-11-9-7-2)40-51-52(48,49)50-39-38-45(3,4)5/h41-42,46H,6-40H2,1-5H3,(H-,44,47,48,49)/p+1. The summed E-state index contributed by atoms with van der Waals surface area (Å²) >= 11 is 0. The molecule has 0 bridgehead atoms. The van der Waals surface area contributed by atoms with Crippen molar-refractivity contribution in [2.24, 2.45) is 0 Å². The Kier molecular flexibility index (Phi) is 35.8. The smallest absolute Gasteiger partial charge is 0.391 e. The van der Waals surface area contributed by atoms with Crippen molar-refractivity contribution in [3.8, 4) is 0 Å². The van der Waals surface area contributed by atoms with Crippen LogP contribution in [0.3, 0.4) is 0 Å². The molecule has 9 heteroatoms. The Morgan fingerprint density at radius 1 is 0.577 bits per heavy atom. The molecule has 0 radical (unpaired) electrons. The third-order valence-electron chi connectivity index (χ3n) is 10.4. The van der Waals surface area contributed by atoms with E-state index in [9.17, 15) is 19.4 Å². The number of quaternary nitrogens is 1. The van der Waals surface area contributed by atoms with E-state index in [4.69, 9.17) is 9.05 Å². The Balaban J connectivity index is 3.97. The lowest BCUT2D eigenvalue weighted by molar-refractivity contribution is -0.870. The summed E-state index contributed by atoms with van der Waals surface area (Å²) in [5, 5.41) is 13.8. The molecule has 0 aliphatic heterocycles. The highest BCUT2D eigenvalue weighted by Crippen LogP contribution is 2.43. The third kappa shape index (κ3) is 37.8. The molecule has 0 saturated heterocycles. The zero-order chi connectivity index (χ0) is 38.6. The van der Waals surface area contributed by atoms with Crippen molar-refractivity contribution in [2.75, 3.05) is 40.9 Å². The molecule has 1 amide bonds. The van der Waals surface area contributed by atoms with Crippen LogP contribution in [0.15, 0.2) is 0 Å². The van der Waals surface area contributed by atoms with Crippen molar-refractivity contribution in [2.45, 2.75) is 231 Å². The van der Waals surface area contributed by atoms with Gasteiger partial charge in [0.25, 0.3) is 0 Å². The van der Waals surface area contributed by atoms with Crippen LogP contribution in [0.1, 0.15) is 219 Å². The number of carbonyl (C=O) groups excluding carboxylic acids is 1. The number of phosphoric acid groups is 1. The van der Waals surface area contributed by atoms with Crippen molar-refractivity contribution in [1.29, 1.82) is 0 Å². The van der Waals surface area contributed by atoms with Gasteiger partial charge in [0.2, 0.25) is 5.91 Å². The Morgan fingerprint density at radius 3 is 1.29 bits per heavy atom. The van der Waals surface area contributed by atoms with Crippen LogP contribution in [0.5, 0.6) is 0 Å². The molecule has 0 saturated carbocycles. The molecule has 0 heterocycles. The van der Waals surface area contributed by atoms with Crippen LogP contribution in [-0.2, 0) is 18.4 Å². The lowest BCUT2D eigenvalue weighted by Crippen LogP contribution is -2.46. The van der Waals surface area contributed by atoms with E-state index in [1.54, 1.807) is 0 Å². The Labute approximate surface area is 323 Å². The first-order chi connectivity index (χ1) is 25.0. The lowest BCUT2D eigenvalue weighted by atomic mass is 10.0. The second-order valence-corrected chi connectivity index (χ2v) is 18.2. The number of aliphatic hydroxyl groups excluding tert-OH is 1. The topological polar surface area (TPSA) is 105 Å². The number of aliphatic hydroxyl groups is 1. The minimum Gasteiger partial charge on any atom is -0.391 e. The zero-order valence-corrected chi connectivity index (χ0v) is 36.2. The van der Waals surface area contributed by atoms with Gasteiger partial charge in [0.05, 0.1) is 39.9 Å². The van der Waals surface area contributed by atoms with Crippen molar-refractivity contribution in [1.82, 2.24) is 5.32 Å². The zero-order valence-electron chi connectivity index (χ0n) is 35.3. The summed E-state index contributed by atoms with van der Waals surface area (Å²) in [6, 6.07) is -0.750. The molecule has 0 aromatic carbocycles. The van der Waals surface area contributed by atoms with E-state index < -0.39 is 20.0 Å². The van der Waals surface area contributed by atoms with Gasteiger partial charge < -0.3 is 19.8 Å². The summed E-state index contributed by atoms with van der Waals surface area (Å²) < 4.78 is 23.5.